The predicted molar refractivity (Wildman–Crippen MR) is 96.9 cm³/mol. The summed E-state index contributed by atoms with van der Waals surface area (Å²) in [7, 11) is 0. The van der Waals surface area contributed by atoms with Gasteiger partial charge in [-0.15, -0.1) is 13.2 Å². The molecule has 8 heteroatoms. The second-order valence-corrected chi connectivity index (χ2v) is 7.43. The minimum absolute atomic E-state index is 0.199. The lowest BCUT2D eigenvalue weighted by Gasteiger charge is -2.39. The molecule has 28 heavy (non-hydrogen) atoms. The maximum absolute atomic E-state index is 12.6. The summed E-state index contributed by atoms with van der Waals surface area (Å²) in [6.07, 6.45) is 0.0277. The summed E-state index contributed by atoms with van der Waals surface area (Å²) in [6, 6.07) is 8.38. The van der Waals surface area contributed by atoms with Crippen LogP contribution in [0.4, 0.5) is 13.2 Å². The Balaban J connectivity index is 1.55. The maximum atomic E-state index is 12.6. The Morgan fingerprint density at radius 1 is 1.18 bits per heavy atom. The molecule has 0 unspecified atom stereocenters. The van der Waals surface area contributed by atoms with E-state index in [2.05, 4.69) is 25.9 Å². The Morgan fingerprint density at radius 2 is 2.00 bits per heavy atom. The van der Waals surface area contributed by atoms with E-state index in [9.17, 15) is 13.2 Å². The van der Waals surface area contributed by atoms with Gasteiger partial charge in [-0.1, -0.05) is 12.1 Å². The molecule has 4 rings (SSSR count). The quantitative estimate of drug-likeness (QED) is 0.834. The largest absolute Gasteiger partial charge is 0.573 e. The molecule has 0 atom stereocenters. The minimum Gasteiger partial charge on any atom is -0.406 e. The highest BCUT2D eigenvalue weighted by Gasteiger charge is 2.36. The van der Waals surface area contributed by atoms with E-state index < -0.39 is 11.9 Å². The van der Waals surface area contributed by atoms with E-state index in [-0.39, 0.29) is 5.75 Å². The topological polar surface area (TPSA) is 48.3 Å². The molecule has 0 radical (unpaired) electrons. The fraction of sp³-hybridized carbons (Fsp3) is 0.550. The normalized spacial score (nSPS) is 19.2. The van der Waals surface area contributed by atoms with Gasteiger partial charge in [0.2, 0.25) is 0 Å². The van der Waals surface area contributed by atoms with Crippen molar-refractivity contribution in [3.63, 3.8) is 0 Å². The van der Waals surface area contributed by atoms with Gasteiger partial charge in [-0.3, -0.25) is 4.68 Å². The van der Waals surface area contributed by atoms with Gasteiger partial charge in [0.25, 0.3) is 0 Å². The zero-order valence-corrected chi connectivity index (χ0v) is 15.6. The monoisotopic (exact) mass is 395 g/mol. The first-order valence-corrected chi connectivity index (χ1v) is 9.68. The molecule has 1 aromatic heterocycles. The molecule has 152 valence electrons. The Morgan fingerprint density at radius 3 is 2.75 bits per heavy atom. The van der Waals surface area contributed by atoms with Crippen molar-refractivity contribution in [3.8, 4) is 5.75 Å². The lowest BCUT2D eigenvalue weighted by Crippen LogP contribution is -2.46. The second-order valence-electron chi connectivity index (χ2n) is 7.43. The summed E-state index contributed by atoms with van der Waals surface area (Å²) < 4.78 is 49.6. The number of hydrogen-bond donors (Lipinski definition) is 1. The first kappa shape index (κ1) is 19.3. The van der Waals surface area contributed by atoms with Gasteiger partial charge in [0.05, 0.1) is 5.69 Å². The van der Waals surface area contributed by atoms with Crippen LogP contribution in [0.5, 0.6) is 5.75 Å². The third-order valence-electron chi connectivity index (χ3n) is 5.54. The second kappa shape index (κ2) is 7.75. The number of nitrogens with one attached hydrogen (secondary N) is 1. The molecule has 0 amide bonds. The molecule has 0 bridgehead atoms. The molecule has 2 aliphatic heterocycles. The van der Waals surface area contributed by atoms with Crippen molar-refractivity contribution < 1.29 is 22.6 Å². The van der Waals surface area contributed by atoms with Crippen LogP contribution in [0.15, 0.2) is 30.3 Å². The van der Waals surface area contributed by atoms with Crippen molar-refractivity contribution in [2.24, 2.45) is 0 Å². The van der Waals surface area contributed by atoms with Gasteiger partial charge in [-0.25, -0.2) is 0 Å². The summed E-state index contributed by atoms with van der Waals surface area (Å²) in [5, 5.41) is 8.25. The van der Waals surface area contributed by atoms with Gasteiger partial charge in [-0.2, -0.15) is 5.10 Å². The molecular weight excluding hydrogens is 371 g/mol. The van der Waals surface area contributed by atoms with Gasteiger partial charge in [-0.05, 0) is 55.9 Å². The van der Waals surface area contributed by atoms with Crippen LogP contribution in [0.3, 0.4) is 0 Å². The first-order valence-electron chi connectivity index (χ1n) is 9.68. The third kappa shape index (κ3) is 4.33. The van der Waals surface area contributed by atoms with Crippen LogP contribution in [0.25, 0.3) is 0 Å². The van der Waals surface area contributed by atoms with Gasteiger partial charge in [0.15, 0.2) is 0 Å². The van der Waals surface area contributed by atoms with Crippen molar-refractivity contribution in [1.29, 1.82) is 0 Å². The SMILES string of the molecule is FC(F)(F)Oc1cccc(C2(NCc3cc4n(n3)CCCC4)CCOCC2)c1. The molecule has 1 aromatic carbocycles. The molecule has 1 N–H and O–H groups in total. The number of halogens is 3. The van der Waals surface area contributed by atoms with E-state index in [1.807, 2.05) is 6.07 Å². The molecule has 0 aliphatic carbocycles. The average Bonchev–Trinajstić information content (AvgIpc) is 3.09. The average molecular weight is 395 g/mol. The van der Waals surface area contributed by atoms with Crippen LogP contribution >= 0.6 is 0 Å². The molecule has 3 heterocycles. The van der Waals surface area contributed by atoms with E-state index >= 15 is 0 Å². The number of nitrogens with zero attached hydrogens (tertiary/aromatic N) is 2. The van der Waals surface area contributed by atoms with Crippen LogP contribution in [0, 0.1) is 0 Å². The van der Waals surface area contributed by atoms with E-state index in [1.165, 1.54) is 24.2 Å². The van der Waals surface area contributed by atoms with Crippen LogP contribution in [0.1, 0.15) is 42.6 Å². The molecule has 2 aliphatic rings. The fourth-order valence-corrected chi connectivity index (χ4v) is 4.10. The zero-order chi connectivity index (χ0) is 19.6. The summed E-state index contributed by atoms with van der Waals surface area (Å²) in [6.45, 7) is 2.61. The Labute approximate surface area is 161 Å². The van der Waals surface area contributed by atoms with E-state index in [0.717, 1.165) is 30.6 Å². The van der Waals surface area contributed by atoms with Gasteiger partial charge >= 0.3 is 6.36 Å². The van der Waals surface area contributed by atoms with Crippen LogP contribution in [-0.2, 0) is 29.8 Å². The number of ether oxygens (including phenoxy) is 2. The lowest BCUT2D eigenvalue weighted by atomic mass is 9.82. The Bertz CT molecular complexity index is 790. The van der Waals surface area contributed by atoms with Gasteiger partial charge in [0.1, 0.15) is 5.75 Å². The summed E-state index contributed by atoms with van der Waals surface area (Å²) in [5.74, 6) is -0.199. The molecule has 0 saturated carbocycles. The van der Waals surface area contributed by atoms with E-state index in [1.54, 1.807) is 6.07 Å². The van der Waals surface area contributed by atoms with Crippen LogP contribution in [-0.4, -0.2) is 29.4 Å². The fourth-order valence-electron chi connectivity index (χ4n) is 4.10. The zero-order valence-electron chi connectivity index (χ0n) is 15.6. The number of aryl methyl sites for hydroxylation is 2. The Hall–Kier alpha value is -2.06. The third-order valence-corrected chi connectivity index (χ3v) is 5.54. The highest BCUT2D eigenvalue weighted by molar-refractivity contribution is 5.34. The summed E-state index contributed by atoms with van der Waals surface area (Å²) >= 11 is 0. The van der Waals surface area contributed by atoms with Crippen molar-refractivity contribution >= 4 is 0 Å². The Kier molecular flexibility index (Phi) is 5.33. The summed E-state index contributed by atoms with van der Waals surface area (Å²) in [5.41, 5.74) is 2.53. The number of hydrogen-bond acceptors (Lipinski definition) is 4. The molecule has 0 spiro atoms. The number of aromatic nitrogens is 2. The minimum atomic E-state index is -4.70. The van der Waals surface area contributed by atoms with E-state index in [4.69, 9.17) is 4.74 Å². The number of alkyl halides is 3. The molecule has 5 nitrogen and oxygen atoms in total. The molecule has 1 saturated heterocycles. The van der Waals surface area contributed by atoms with E-state index in [0.29, 0.717) is 32.6 Å². The van der Waals surface area contributed by atoms with Crippen molar-refractivity contribution in [1.82, 2.24) is 15.1 Å². The lowest BCUT2D eigenvalue weighted by molar-refractivity contribution is -0.274. The first-order chi connectivity index (χ1) is 13.4. The molecule has 2 aromatic rings. The van der Waals surface area contributed by atoms with Crippen molar-refractivity contribution in [3.05, 3.63) is 47.3 Å². The van der Waals surface area contributed by atoms with Crippen molar-refractivity contribution in [2.75, 3.05) is 13.2 Å². The number of benzene rings is 1. The highest BCUT2D eigenvalue weighted by Crippen LogP contribution is 2.35. The smallest absolute Gasteiger partial charge is 0.406 e. The number of fused-ring (bicyclic) bond motifs is 1. The predicted octanol–water partition coefficient (Wildman–Crippen LogP) is 3.91. The molecule has 1 fully saturated rings. The van der Waals surface area contributed by atoms with Crippen LogP contribution in [0.2, 0.25) is 0 Å². The summed E-state index contributed by atoms with van der Waals surface area (Å²) in [4.78, 5) is 0. The maximum Gasteiger partial charge on any atom is 0.573 e. The van der Waals surface area contributed by atoms with Gasteiger partial charge < -0.3 is 14.8 Å². The van der Waals surface area contributed by atoms with Crippen molar-refractivity contribution in [2.45, 2.75) is 57.1 Å². The van der Waals surface area contributed by atoms with Gasteiger partial charge in [0, 0.05) is 37.5 Å². The molecular formula is C20H24F3N3O2. The van der Waals surface area contributed by atoms with Crippen LogP contribution < -0.4 is 10.1 Å². The highest BCUT2D eigenvalue weighted by atomic mass is 19.4. The standard InChI is InChI=1S/C20H24F3N3O2/c21-20(22,23)28-18-6-3-4-15(12-18)19(7-10-27-11-8-19)24-14-16-13-17-5-1-2-9-26(17)25-16/h3-4,6,12-13,24H,1-2,5,7-11,14H2. The number of rotatable bonds is 5.